The molecular formula is C5F8O4S2. The highest BCUT2D eigenvalue weighted by Crippen LogP contribution is 2.58. The molecule has 0 aromatic rings. The molecule has 1 aliphatic rings. The number of hydrogen-bond acceptors (Lipinski definition) is 4. The van der Waals surface area contributed by atoms with E-state index in [0.717, 1.165) is 0 Å². The summed E-state index contributed by atoms with van der Waals surface area (Å²) in [6, 6.07) is 0. The predicted octanol–water partition coefficient (Wildman–Crippen LogP) is 1.74. The molecule has 1 fully saturated rings. The molecule has 1 heterocycles. The first-order valence-electron chi connectivity index (χ1n) is 3.78. The summed E-state index contributed by atoms with van der Waals surface area (Å²) in [5.74, 6) is -14.2. The third kappa shape index (κ3) is 1.52. The molecule has 19 heavy (non-hydrogen) atoms. The van der Waals surface area contributed by atoms with E-state index in [2.05, 4.69) is 0 Å². The molecule has 0 saturated carbocycles. The topological polar surface area (TPSA) is 68.3 Å². The van der Waals surface area contributed by atoms with Crippen molar-refractivity contribution in [1.29, 1.82) is 0 Å². The smallest absolute Gasteiger partial charge is 0.266 e. The fourth-order valence-electron chi connectivity index (χ4n) is 0.960. The summed E-state index contributed by atoms with van der Waals surface area (Å²) in [6.07, 6.45) is 0. The Labute approximate surface area is 101 Å². The summed E-state index contributed by atoms with van der Waals surface area (Å²) in [6.45, 7) is 0. The van der Waals surface area contributed by atoms with Gasteiger partial charge in [-0.15, -0.1) is 0 Å². The molecule has 0 aromatic heterocycles. The van der Waals surface area contributed by atoms with E-state index in [9.17, 15) is 52.5 Å². The minimum atomic E-state index is -7.16. The summed E-state index contributed by atoms with van der Waals surface area (Å²) in [7, 11) is -12.3. The second kappa shape index (κ2) is 3.65. The Balaban J connectivity index is 3.91. The third-order valence-corrected chi connectivity index (χ3v) is 5.57. The van der Waals surface area contributed by atoms with Crippen LogP contribution < -0.4 is 0 Å². The maximum absolute atomic E-state index is 12.8. The molecule has 0 unspecified atom stereocenters. The van der Waals surface area contributed by atoms with Crippen molar-refractivity contribution in [2.45, 2.75) is 22.4 Å². The van der Waals surface area contributed by atoms with Gasteiger partial charge in [0, 0.05) is 0 Å². The van der Waals surface area contributed by atoms with Crippen LogP contribution in [0.5, 0.6) is 0 Å². The SMILES string of the molecule is O=C1[S@](=O)C(F)(F)C(F)(F)C(F)(F)C(F)(F)S1(=O)=O. The first-order valence-corrected chi connectivity index (χ1v) is 6.42. The number of sulfone groups is 1. The zero-order chi connectivity index (χ0) is 15.7. The van der Waals surface area contributed by atoms with Crippen molar-refractivity contribution in [2.24, 2.45) is 0 Å². The number of carbonyl (C=O) groups excluding carboxylic acids is 1. The molecule has 1 rings (SSSR count). The molecule has 1 aliphatic heterocycles. The van der Waals surface area contributed by atoms with Gasteiger partial charge in [0.2, 0.25) is 0 Å². The van der Waals surface area contributed by atoms with E-state index in [-0.39, 0.29) is 0 Å². The molecule has 14 heteroatoms. The van der Waals surface area contributed by atoms with Gasteiger partial charge in [0.05, 0.1) is 0 Å². The van der Waals surface area contributed by atoms with Crippen molar-refractivity contribution in [1.82, 2.24) is 0 Å². The molecule has 0 amide bonds. The molecule has 0 aliphatic carbocycles. The lowest BCUT2D eigenvalue weighted by atomic mass is 10.2. The molecule has 0 aromatic carbocycles. The normalized spacial score (nSPS) is 34.5. The van der Waals surface area contributed by atoms with Gasteiger partial charge in [-0.25, -0.2) is 12.6 Å². The van der Waals surface area contributed by atoms with Crippen molar-refractivity contribution in [3.05, 3.63) is 0 Å². The van der Waals surface area contributed by atoms with E-state index < -0.39 is 47.4 Å². The minimum absolute atomic E-state index is 3.60. The molecule has 1 atom stereocenters. The maximum Gasteiger partial charge on any atom is 0.422 e. The summed E-state index contributed by atoms with van der Waals surface area (Å²) in [4.78, 5) is 10.6. The number of rotatable bonds is 0. The second-order valence-corrected chi connectivity index (χ2v) is 6.77. The second-order valence-electron chi connectivity index (χ2n) is 3.20. The average molecular weight is 340 g/mol. The van der Waals surface area contributed by atoms with Crippen molar-refractivity contribution >= 4 is 25.1 Å². The van der Waals surface area contributed by atoms with Gasteiger partial charge in [0.1, 0.15) is 0 Å². The number of hydrogen-bond donors (Lipinski definition) is 0. The summed E-state index contributed by atoms with van der Waals surface area (Å²) >= 11 is 0. The average Bonchev–Trinajstić information content (AvgIpc) is 2.25. The monoisotopic (exact) mass is 340 g/mol. The lowest BCUT2D eigenvalue weighted by Gasteiger charge is -2.31. The van der Waals surface area contributed by atoms with E-state index in [4.69, 9.17) is 0 Å². The Morgan fingerprint density at radius 2 is 1.21 bits per heavy atom. The number of halogens is 8. The molecular weight excluding hydrogens is 340 g/mol. The van der Waals surface area contributed by atoms with Gasteiger partial charge >= 0.3 is 26.8 Å². The Bertz CT molecular complexity index is 564. The van der Waals surface area contributed by atoms with Crippen LogP contribution in [0.2, 0.25) is 0 Å². The number of carbonyl (C=O) groups is 1. The lowest BCUT2D eigenvalue weighted by Crippen LogP contribution is -2.62. The van der Waals surface area contributed by atoms with Gasteiger partial charge in [-0.3, -0.25) is 4.79 Å². The zero-order valence-electron chi connectivity index (χ0n) is 7.97. The molecule has 0 spiro atoms. The van der Waals surface area contributed by atoms with Crippen LogP contribution in [-0.4, -0.2) is 39.4 Å². The summed E-state index contributed by atoms with van der Waals surface area (Å²) < 4.78 is 130. The van der Waals surface area contributed by atoms with Gasteiger partial charge in [-0.05, 0) is 0 Å². The molecule has 0 bridgehead atoms. The van der Waals surface area contributed by atoms with Crippen LogP contribution in [-0.2, 0) is 20.6 Å². The highest BCUT2D eigenvalue weighted by Gasteiger charge is 2.90. The van der Waals surface area contributed by atoms with Crippen molar-refractivity contribution in [3.8, 4) is 0 Å². The molecule has 112 valence electrons. The highest BCUT2D eigenvalue weighted by atomic mass is 32.3. The first kappa shape index (κ1) is 16.3. The minimum Gasteiger partial charge on any atom is -0.266 e. The maximum atomic E-state index is 12.8. The van der Waals surface area contributed by atoms with Crippen LogP contribution in [0.15, 0.2) is 0 Å². The van der Waals surface area contributed by atoms with Gasteiger partial charge in [0.25, 0.3) is 9.84 Å². The number of alkyl halides is 8. The van der Waals surface area contributed by atoms with E-state index in [1.165, 1.54) is 0 Å². The van der Waals surface area contributed by atoms with Crippen molar-refractivity contribution in [3.63, 3.8) is 0 Å². The van der Waals surface area contributed by atoms with Crippen LogP contribution in [0.4, 0.5) is 39.9 Å². The van der Waals surface area contributed by atoms with Crippen molar-refractivity contribution < 1.29 is 52.5 Å². The van der Waals surface area contributed by atoms with E-state index >= 15 is 0 Å². The highest BCUT2D eigenvalue weighted by molar-refractivity contribution is 8.29. The molecule has 0 radical (unpaired) electrons. The van der Waals surface area contributed by atoms with Gasteiger partial charge < -0.3 is 0 Å². The summed E-state index contributed by atoms with van der Waals surface area (Å²) in [5.41, 5.74) is 0. The summed E-state index contributed by atoms with van der Waals surface area (Å²) in [5, 5.41) is -13.3. The van der Waals surface area contributed by atoms with Crippen LogP contribution >= 0.6 is 0 Å². The lowest BCUT2D eigenvalue weighted by molar-refractivity contribution is -0.323. The Hall–Kier alpha value is -0.790. The predicted molar refractivity (Wildman–Crippen MR) is 42.2 cm³/mol. The standard InChI is InChI=1S/C5F8O4S2/c6-2(7)3(8,9)5(12,13)19(16,17)1(14)18(15)4(2,10)11/t18-/m0/s1. The Kier molecular flexibility index (Phi) is 3.12. The Morgan fingerprint density at radius 3 is 1.58 bits per heavy atom. The Morgan fingerprint density at radius 1 is 0.842 bits per heavy atom. The van der Waals surface area contributed by atoms with Gasteiger partial charge in [-0.1, -0.05) is 0 Å². The van der Waals surface area contributed by atoms with Crippen LogP contribution in [0, 0.1) is 0 Å². The zero-order valence-corrected chi connectivity index (χ0v) is 9.61. The fraction of sp³-hybridized carbons (Fsp3) is 0.800. The fourth-order valence-corrected chi connectivity index (χ4v) is 3.63. The van der Waals surface area contributed by atoms with Gasteiger partial charge in [-0.2, -0.15) is 35.1 Å². The van der Waals surface area contributed by atoms with E-state index in [1.807, 2.05) is 0 Å². The van der Waals surface area contributed by atoms with E-state index in [1.54, 1.807) is 0 Å². The quantitative estimate of drug-likeness (QED) is 0.630. The van der Waals surface area contributed by atoms with Crippen LogP contribution in [0.1, 0.15) is 0 Å². The van der Waals surface area contributed by atoms with Crippen LogP contribution in [0.25, 0.3) is 0 Å². The van der Waals surface area contributed by atoms with Gasteiger partial charge in [0.15, 0.2) is 10.8 Å². The van der Waals surface area contributed by atoms with E-state index in [0.29, 0.717) is 0 Å². The molecule has 1 saturated heterocycles. The van der Waals surface area contributed by atoms with Crippen LogP contribution in [0.3, 0.4) is 0 Å². The first-order chi connectivity index (χ1) is 8.07. The third-order valence-electron chi connectivity index (χ3n) is 2.07. The molecule has 4 nitrogen and oxygen atoms in total. The largest absolute Gasteiger partial charge is 0.422 e. The van der Waals surface area contributed by atoms with Crippen molar-refractivity contribution in [2.75, 3.05) is 0 Å². The molecule has 0 N–H and O–H groups in total.